The van der Waals surface area contributed by atoms with E-state index in [4.69, 9.17) is 37.4 Å². The Bertz CT molecular complexity index is 1160. The second kappa shape index (κ2) is 10.7. The molecule has 1 aliphatic rings. The van der Waals surface area contributed by atoms with Crippen LogP contribution in [0.3, 0.4) is 0 Å². The zero-order valence-electron chi connectivity index (χ0n) is 20.9. The third-order valence-corrected chi connectivity index (χ3v) is 7.72. The molecule has 35 heavy (non-hydrogen) atoms. The van der Waals surface area contributed by atoms with Crippen molar-refractivity contribution in [2.45, 2.75) is 45.1 Å². The molecule has 0 aromatic heterocycles. The fraction of sp³-hybridized carbons (Fsp3) is 0.385. The predicted molar refractivity (Wildman–Crippen MR) is 144 cm³/mol. The highest BCUT2D eigenvalue weighted by Gasteiger charge is 2.34. The highest BCUT2D eigenvalue weighted by Crippen LogP contribution is 2.41. The van der Waals surface area contributed by atoms with E-state index in [1.54, 1.807) is 55.2 Å². The van der Waals surface area contributed by atoms with Crippen LogP contribution in [-0.2, 0) is 19.1 Å². The number of fused-ring (bicyclic) bond motifs is 1. The molecule has 0 saturated carbocycles. The van der Waals surface area contributed by atoms with Gasteiger partial charge >= 0.3 is 5.97 Å². The summed E-state index contributed by atoms with van der Waals surface area (Å²) < 4.78 is 16.7. The molecule has 0 saturated heterocycles. The molecular weight excluding hydrogens is 505 g/mol. The largest absolute Gasteiger partial charge is 0.476 e. The highest BCUT2D eigenvalue weighted by atomic mass is 35.5. The number of benzene rings is 2. The van der Waals surface area contributed by atoms with Crippen LogP contribution in [0, 0.1) is 0 Å². The molecule has 2 aromatic carbocycles. The number of halogens is 2. The molecule has 9 heteroatoms. The van der Waals surface area contributed by atoms with Gasteiger partial charge in [0.2, 0.25) is 0 Å². The topological polar surface area (TPSA) is 65.1 Å². The van der Waals surface area contributed by atoms with Gasteiger partial charge in [-0.3, -0.25) is 9.69 Å². The van der Waals surface area contributed by atoms with Crippen LogP contribution < -0.4 is 9.64 Å². The second-order valence-corrected chi connectivity index (χ2v) is 16.6. The summed E-state index contributed by atoms with van der Waals surface area (Å²) in [7, 11) is 0.0445. The smallest absolute Gasteiger partial charge is 0.349 e. The molecule has 6 nitrogen and oxygen atoms in total. The number of ether oxygens (including phenoxy) is 3. The van der Waals surface area contributed by atoms with Crippen molar-refractivity contribution in [1.29, 1.82) is 0 Å². The van der Waals surface area contributed by atoms with Crippen LogP contribution in [0.15, 0.2) is 36.4 Å². The Morgan fingerprint density at radius 2 is 1.74 bits per heavy atom. The Hall–Kier alpha value is -2.32. The van der Waals surface area contributed by atoms with Crippen molar-refractivity contribution in [3.05, 3.63) is 57.6 Å². The van der Waals surface area contributed by atoms with E-state index >= 15 is 0 Å². The van der Waals surface area contributed by atoms with E-state index in [1.807, 2.05) is 6.07 Å². The number of methoxy groups -OCH3 is 1. The number of esters is 1. The summed E-state index contributed by atoms with van der Waals surface area (Å²) in [5, 5.41) is 0.991. The van der Waals surface area contributed by atoms with E-state index < -0.39 is 19.6 Å². The summed E-state index contributed by atoms with van der Waals surface area (Å²) >= 11 is 12.5. The minimum absolute atomic E-state index is 0.127. The normalized spacial score (nSPS) is 14.9. The first kappa shape index (κ1) is 27.3. The summed E-state index contributed by atoms with van der Waals surface area (Å²) in [4.78, 5) is 27.2. The molecule has 0 atom stereocenters. The quantitative estimate of drug-likeness (QED) is 0.158. The maximum Gasteiger partial charge on any atom is 0.349 e. The first-order valence-electron chi connectivity index (χ1n) is 11.3. The molecule has 0 bridgehead atoms. The number of hydrogen-bond acceptors (Lipinski definition) is 5. The molecule has 0 unspecified atom stereocenters. The molecule has 1 aliphatic heterocycles. The minimum atomic E-state index is -1.26. The minimum Gasteiger partial charge on any atom is -0.476 e. The Morgan fingerprint density at radius 1 is 1.09 bits per heavy atom. The van der Waals surface area contributed by atoms with Crippen molar-refractivity contribution < 1.29 is 23.8 Å². The lowest BCUT2D eigenvalue weighted by Gasteiger charge is -2.24. The van der Waals surface area contributed by atoms with Gasteiger partial charge in [0.05, 0.1) is 18.4 Å². The molecule has 2 aromatic rings. The van der Waals surface area contributed by atoms with Gasteiger partial charge in [-0.15, -0.1) is 0 Å². The Morgan fingerprint density at radius 3 is 2.40 bits per heavy atom. The number of carbonyl (C=O) groups excluding carboxylic acids is 2. The summed E-state index contributed by atoms with van der Waals surface area (Å²) in [6.07, 6.45) is 1.71. The Labute approximate surface area is 217 Å². The van der Waals surface area contributed by atoms with Gasteiger partial charge < -0.3 is 14.2 Å². The number of nitrogens with zero attached hydrogens (tertiary/aromatic N) is 1. The number of carbonyl (C=O) groups is 2. The van der Waals surface area contributed by atoms with Gasteiger partial charge in [-0.2, -0.15) is 0 Å². The van der Waals surface area contributed by atoms with Gasteiger partial charge in [-0.1, -0.05) is 48.9 Å². The second-order valence-electron chi connectivity index (χ2n) is 10.1. The lowest BCUT2D eigenvalue weighted by Crippen LogP contribution is -2.39. The summed E-state index contributed by atoms with van der Waals surface area (Å²) in [5.74, 6) is -0.344. The van der Waals surface area contributed by atoms with Gasteiger partial charge in [-0.05, 0) is 56.3 Å². The maximum atomic E-state index is 13.5. The van der Waals surface area contributed by atoms with Crippen LogP contribution in [0.2, 0.25) is 35.7 Å². The molecule has 0 fully saturated rings. The summed E-state index contributed by atoms with van der Waals surface area (Å²) in [6, 6.07) is 11.3. The highest BCUT2D eigenvalue weighted by molar-refractivity contribution is 6.76. The van der Waals surface area contributed by atoms with Crippen LogP contribution in [0.25, 0.3) is 11.6 Å². The molecule has 0 aliphatic carbocycles. The molecule has 3 rings (SSSR count). The molecule has 0 N–H and O–H groups in total. The Balaban J connectivity index is 1.97. The van der Waals surface area contributed by atoms with E-state index in [1.165, 1.54) is 7.11 Å². The van der Waals surface area contributed by atoms with Crippen molar-refractivity contribution in [2.24, 2.45) is 0 Å². The third kappa shape index (κ3) is 6.67. The van der Waals surface area contributed by atoms with Gasteiger partial charge in [0, 0.05) is 35.9 Å². The van der Waals surface area contributed by atoms with Gasteiger partial charge in [-0.25, -0.2) is 4.79 Å². The van der Waals surface area contributed by atoms with Crippen LogP contribution in [0.5, 0.6) is 5.75 Å². The van der Waals surface area contributed by atoms with E-state index in [9.17, 15) is 9.59 Å². The van der Waals surface area contributed by atoms with Crippen LogP contribution >= 0.6 is 23.2 Å². The van der Waals surface area contributed by atoms with E-state index in [2.05, 4.69) is 19.6 Å². The first-order valence-corrected chi connectivity index (χ1v) is 15.8. The van der Waals surface area contributed by atoms with E-state index in [0.29, 0.717) is 39.2 Å². The molecule has 1 amide bonds. The van der Waals surface area contributed by atoms with Crippen LogP contribution in [0.1, 0.15) is 25.0 Å². The van der Waals surface area contributed by atoms with Crippen molar-refractivity contribution in [3.8, 4) is 5.75 Å². The van der Waals surface area contributed by atoms with Crippen molar-refractivity contribution in [3.63, 3.8) is 0 Å². The van der Waals surface area contributed by atoms with Crippen LogP contribution in [0.4, 0.5) is 5.69 Å². The van der Waals surface area contributed by atoms with E-state index in [0.717, 1.165) is 11.6 Å². The monoisotopic (exact) mass is 535 g/mol. The zero-order chi connectivity index (χ0) is 26.0. The average molecular weight is 537 g/mol. The lowest BCUT2D eigenvalue weighted by molar-refractivity contribution is -0.156. The molecular formula is C26H31Cl2NO5Si. The van der Waals surface area contributed by atoms with Crippen molar-refractivity contribution >= 4 is 60.5 Å². The average Bonchev–Trinajstić information content (AvgIpc) is 3.02. The fourth-order valence-corrected chi connectivity index (χ4v) is 4.67. The number of hydrogen-bond donors (Lipinski definition) is 0. The summed E-state index contributed by atoms with van der Waals surface area (Å²) in [6.45, 7) is 10.8. The lowest BCUT2D eigenvalue weighted by atomic mass is 10.0. The van der Waals surface area contributed by atoms with E-state index in [-0.39, 0.29) is 12.6 Å². The fourth-order valence-electron chi connectivity index (χ4n) is 3.57. The zero-order valence-corrected chi connectivity index (χ0v) is 23.4. The van der Waals surface area contributed by atoms with Crippen LogP contribution in [-0.4, -0.2) is 46.0 Å². The maximum absolute atomic E-state index is 13.5. The summed E-state index contributed by atoms with van der Waals surface area (Å²) in [5.41, 5.74) is 1.18. The SMILES string of the molecule is COC(=O)C(C)(C)Oc1ccc(Cl)cc1C=C1C(=O)N(COCC[Si](C)(C)C)c2cc(Cl)ccc21. The first-order chi connectivity index (χ1) is 16.3. The molecule has 0 spiro atoms. The van der Waals surface area contributed by atoms with Gasteiger partial charge in [0.1, 0.15) is 12.5 Å². The number of rotatable bonds is 9. The van der Waals surface area contributed by atoms with Crippen molar-refractivity contribution in [1.82, 2.24) is 0 Å². The van der Waals surface area contributed by atoms with Crippen molar-refractivity contribution in [2.75, 3.05) is 25.3 Å². The Kier molecular flexibility index (Phi) is 8.37. The number of amides is 1. The van der Waals surface area contributed by atoms with Gasteiger partial charge in [0.15, 0.2) is 5.60 Å². The molecule has 188 valence electrons. The standard InChI is InChI=1S/C26H31Cl2NO5Si/c1-26(2,25(31)32-3)34-23-10-8-18(27)13-17(23)14-21-20-9-7-19(28)15-22(20)29(24(21)30)16-33-11-12-35(4,5)6/h7-10,13-15H,11-12,16H2,1-6H3. The molecule has 0 radical (unpaired) electrons. The third-order valence-electron chi connectivity index (χ3n) is 5.55. The predicted octanol–water partition coefficient (Wildman–Crippen LogP) is 6.52. The van der Waals surface area contributed by atoms with Gasteiger partial charge in [0.25, 0.3) is 5.91 Å². The number of anilines is 1. The molecule has 1 heterocycles.